The lowest BCUT2D eigenvalue weighted by atomic mass is 9.97. The third kappa shape index (κ3) is 4.27. The Kier molecular flexibility index (Phi) is 4.70. The summed E-state index contributed by atoms with van der Waals surface area (Å²) in [5.74, 6) is -0.543. The standard InChI is InChI=1S/C12H21NO5/c1-7(14)13-8-5-10(15)18-9(8)6-17-11(16)12(2,3)4/h8-10,15H,5-6H2,1-4H3,(H,13,14)/t8-,9+,10?/m0/s1. The number of aliphatic hydroxyl groups is 1. The van der Waals surface area contributed by atoms with Crippen molar-refractivity contribution in [3.8, 4) is 0 Å². The molecule has 0 saturated carbocycles. The van der Waals surface area contributed by atoms with Crippen LogP contribution in [-0.4, -0.2) is 42.0 Å². The lowest BCUT2D eigenvalue weighted by Gasteiger charge is -2.21. The summed E-state index contributed by atoms with van der Waals surface area (Å²) in [7, 11) is 0. The van der Waals surface area contributed by atoms with Crippen molar-refractivity contribution in [3.63, 3.8) is 0 Å². The Bertz CT molecular complexity index is 323. The first-order chi connectivity index (χ1) is 8.20. The number of carbonyl (C=O) groups excluding carboxylic acids is 2. The van der Waals surface area contributed by atoms with Crippen LogP contribution < -0.4 is 5.32 Å². The van der Waals surface area contributed by atoms with Crippen molar-refractivity contribution in [2.75, 3.05) is 6.61 Å². The third-order valence-corrected chi connectivity index (χ3v) is 2.62. The Hall–Kier alpha value is -1.14. The van der Waals surface area contributed by atoms with Crippen LogP contribution in [0.15, 0.2) is 0 Å². The van der Waals surface area contributed by atoms with Gasteiger partial charge in [0.2, 0.25) is 5.91 Å². The zero-order valence-electron chi connectivity index (χ0n) is 11.2. The highest BCUT2D eigenvalue weighted by Gasteiger charge is 2.36. The van der Waals surface area contributed by atoms with E-state index < -0.39 is 17.8 Å². The van der Waals surface area contributed by atoms with Gasteiger partial charge in [-0.15, -0.1) is 0 Å². The van der Waals surface area contributed by atoms with Gasteiger partial charge in [0.15, 0.2) is 6.29 Å². The quantitative estimate of drug-likeness (QED) is 0.707. The minimum atomic E-state index is -0.930. The summed E-state index contributed by atoms with van der Waals surface area (Å²) in [5.41, 5.74) is -0.583. The number of aliphatic hydroxyl groups excluding tert-OH is 1. The van der Waals surface area contributed by atoms with Crippen LogP contribution in [-0.2, 0) is 19.1 Å². The normalized spacial score (nSPS) is 27.9. The van der Waals surface area contributed by atoms with Crippen LogP contribution in [0.4, 0.5) is 0 Å². The van der Waals surface area contributed by atoms with E-state index in [-0.39, 0.29) is 24.5 Å². The van der Waals surface area contributed by atoms with Gasteiger partial charge in [-0.05, 0) is 20.8 Å². The maximum absolute atomic E-state index is 11.6. The van der Waals surface area contributed by atoms with E-state index in [4.69, 9.17) is 9.47 Å². The summed E-state index contributed by atoms with van der Waals surface area (Å²) in [5, 5.41) is 12.1. The number of nitrogens with one attached hydrogen (secondary N) is 1. The fourth-order valence-electron chi connectivity index (χ4n) is 1.66. The van der Waals surface area contributed by atoms with E-state index in [1.54, 1.807) is 20.8 Å². The molecule has 0 radical (unpaired) electrons. The number of carbonyl (C=O) groups is 2. The molecule has 3 atom stereocenters. The van der Waals surface area contributed by atoms with E-state index in [0.29, 0.717) is 6.42 Å². The minimum Gasteiger partial charge on any atom is -0.462 e. The lowest BCUT2D eigenvalue weighted by Crippen LogP contribution is -2.42. The molecule has 1 rings (SSSR count). The summed E-state index contributed by atoms with van der Waals surface area (Å²) in [6.45, 7) is 6.68. The molecule has 6 nitrogen and oxygen atoms in total. The predicted octanol–water partition coefficient (Wildman–Crippen LogP) is 0.188. The molecule has 2 N–H and O–H groups in total. The van der Waals surface area contributed by atoms with Crippen molar-refractivity contribution in [1.29, 1.82) is 0 Å². The van der Waals surface area contributed by atoms with Gasteiger partial charge in [-0.2, -0.15) is 0 Å². The van der Waals surface area contributed by atoms with Crippen molar-refractivity contribution in [2.24, 2.45) is 5.41 Å². The SMILES string of the molecule is CC(=O)N[C@H]1CC(O)O[C@@H]1COC(=O)C(C)(C)C. The van der Waals surface area contributed by atoms with E-state index in [1.807, 2.05) is 0 Å². The number of esters is 1. The van der Waals surface area contributed by atoms with Gasteiger partial charge in [-0.25, -0.2) is 0 Å². The molecular formula is C12H21NO5. The molecule has 0 spiro atoms. The molecule has 1 fully saturated rings. The molecule has 1 aliphatic rings. The predicted molar refractivity (Wildman–Crippen MR) is 63.5 cm³/mol. The molecule has 0 bridgehead atoms. The van der Waals surface area contributed by atoms with Gasteiger partial charge in [0.25, 0.3) is 0 Å². The molecule has 0 aromatic heterocycles. The van der Waals surface area contributed by atoms with Gasteiger partial charge in [0, 0.05) is 13.3 Å². The highest BCUT2D eigenvalue weighted by molar-refractivity contribution is 5.75. The van der Waals surface area contributed by atoms with E-state index in [1.165, 1.54) is 6.92 Å². The largest absolute Gasteiger partial charge is 0.462 e. The van der Waals surface area contributed by atoms with Gasteiger partial charge in [-0.3, -0.25) is 9.59 Å². The fraction of sp³-hybridized carbons (Fsp3) is 0.833. The second-order valence-corrected chi connectivity index (χ2v) is 5.52. The Balaban J connectivity index is 2.49. The molecule has 0 aromatic carbocycles. The van der Waals surface area contributed by atoms with Crippen LogP contribution in [0.3, 0.4) is 0 Å². The summed E-state index contributed by atoms with van der Waals surface area (Å²) in [6.07, 6.45) is -1.13. The minimum absolute atomic E-state index is 0.0259. The fourth-order valence-corrected chi connectivity index (χ4v) is 1.66. The smallest absolute Gasteiger partial charge is 0.311 e. The Morgan fingerprint density at radius 3 is 2.56 bits per heavy atom. The average molecular weight is 259 g/mol. The van der Waals surface area contributed by atoms with Crippen molar-refractivity contribution in [1.82, 2.24) is 5.32 Å². The maximum Gasteiger partial charge on any atom is 0.311 e. The Labute approximate surface area is 107 Å². The number of ether oxygens (including phenoxy) is 2. The monoisotopic (exact) mass is 259 g/mol. The molecule has 1 heterocycles. The zero-order valence-corrected chi connectivity index (χ0v) is 11.2. The first-order valence-electron chi connectivity index (χ1n) is 5.98. The van der Waals surface area contributed by atoms with Crippen LogP contribution in [0, 0.1) is 5.41 Å². The van der Waals surface area contributed by atoms with Crippen LogP contribution in [0.2, 0.25) is 0 Å². The second-order valence-electron chi connectivity index (χ2n) is 5.52. The molecule has 0 aromatic rings. The first kappa shape index (κ1) is 14.9. The molecule has 1 saturated heterocycles. The maximum atomic E-state index is 11.6. The van der Waals surface area contributed by atoms with Crippen molar-refractivity contribution < 1.29 is 24.2 Å². The Morgan fingerprint density at radius 2 is 2.06 bits per heavy atom. The molecule has 1 aliphatic heterocycles. The summed E-state index contributed by atoms with van der Waals surface area (Å²) in [6, 6.07) is -0.328. The molecular weight excluding hydrogens is 238 g/mol. The molecule has 104 valence electrons. The number of amides is 1. The van der Waals surface area contributed by atoms with Crippen molar-refractivity contribution in [3.05, 3.63) is 0 Å². The molecule has 1 unspecified atom stereocenters. The topological polar surface area (TPSA) is 84.9 Å². The van der Waals surface area contributed by atoms with Gasteiger partial charge < -0.3 is 19.9 Å². The Morgan fingerprint density at radius 1 is 1.44 bits per heavy atom. The molecule has 6 heteroatoms. The van der Waals surface area contributed by atoms with E-state index in [2.05, 4.69) is 5.32 Å². The van der Waals surface area contributed by atoms with Crippen molar-refractivity contribution in [2.45, 2.75) is 52.6 Å². The van der Waals surface area contributed by atoms with E-state index in [9.17, 15) is 14.7 Å². The first-order valence-corrected chi connectivity index (χ1v) is 5.98. The summed E-state index contributed by atoms with van der Waals surface area (Å²) < 4.78 is 10.3. The van der Waals surface area contributed by atoms with Crippen LogP contribution in [0.5, 0.6) is 0 Å². The average Bonchev–Trinajstić information content (AvgIpc) is 2.52. The molecule has 18 heavy (non-hydrogen) atoms. The number of hydrogen-bond donors (Lipinski definition) is 2. The van der Waals surface area contributed by atoms with E-state index in [0.717, 1.165) is 0 Å². The van der Waals surface area contributed by atoms with Crippen LogP contribution in [0.25, 0.3) is 0 Å². The van der Waals surface area contributed by atoms with Gasteiger partial charge >= 0.3 is 5.97 Å². The van der Waals surface area contributed by atoms with Gasteiger partial charge in [0.05, 0.1) is 11.5 Å². The molecule has 1 amide bonds. The number of rotatable bonds is 3. The van der Waals surface area contributed by atoms with Crippen LogP contribution in [0.1, 0.15) is 34.1 Å². The van der Waals surface area contributed by atoms with Gasteiger partial charge in [-0.1, -0.05) is 0 Å². The summed E-state index contributed by atoms with van der Waals surface area (Å²) >= 11 is 0. The van der Waals surface area contributed by atoms with Gasteiger partial charge in [0.1, 0.15) is 12.7 Å². The lowest BCUT2D eigenvalue weighted by molar-refractivity contribution is -0.161. The summed E-state index contributed by atoms with van der Waals surface area (Å²) in [4.78, 5) is 22.6. The number of hydrogen-bond acceptors (Lipinski definition) is 5. The van der Waals surface area contributed by atoms with Crippen molar-refractivity contribution >= 4 is 11.9 Å². The van der Waals surface area contributed by atoms with E-state index >= 15 is 0 Å². The molecule has 0 aliphatic carbocycles. The highest BCUT2D eigenvalue weighted by atomic mass is 16.6. The second kappa shape index (κ2) is 5.67. The third-order valence-electron chi connectivity index (χ3n) is 2.62. The van der Waals surface area contributed by atoms with Crippen LogP contribution >= 0.6 is 0 Å². The highest BCUT2D eigenvalue weighted by Crippen LogP contribution is 2.21. The zero-order chi connectivity index (χ0) is 13.9.